The Morgan fingerprint density at radius 1 is 1.12 bits per heavy atom. The Kier molecular flexibility index (Phi) is 3.78. The van der Waals surface area contributed by atoms with Gasteiger partial charge in [0.2, 0.25) is 0 Å². The van der Waals surface area contributed by atoms with Gasteiger partial charge in [0.1, 0.15) is 0 Å². The summed E-state index contributed by atoms with van der Waals surface area (Å²) < 4.78 is 6.16. The Balaban J connectivity index is 1.73. The van der Waals surface area contributed by atoms with Gasteiger partial charge in [-0.1, -0.05) is 11.1 Å². The maximum Gasteiger partial charge on any atom is 0.0735 e. The second-order valence-electron chi connectivity index (χ2n) is 5.56. The predicted octanol–water partition coefficient (Wildman–Crippen LogP) is 2.74. The van der Waals surface area contributed by atoms with E-state index in [1.54, 1.807) is 11.1 Å². The van der Waals surface area contributed by atoms with Crippen LogP contribution in [0.5, 0.6) is 0 Å². The lowest BCUT2D eigenvalue weighted by atomic mass is 9.82. The second kappa shape index (κ2) is 5.33. The number of hydrogen-bond acceptors (Lipinski definition) is 3. The van der Waals surface area contributed by atoms with Crippen molar-refractivity contribution < 1.29 is 4.74 Å². The van der Waals surface area contributed by atoms with E-state index in [0.717, 1.165) is 13.2 Å². The number of ether oxygens (including phenoxy) is 1. The van der Waals surface area contributed by atoms with Gasteiger partial charge >= 0.3 is 0 Å². The van der Waals surface area contributed by atoms with Crippen LogP contribution in [-0.4, -0.2) is 36.8 Å². The van der Waals surface area contributed by atoms with Crippen molar-refractivity contribution in [3.8, 4) is 0 Å². The fourth-order valence-electron chi connectivity index (χ4n) is 3.34. The van der Waals surface area contributed by atoms with Crippen LogP contribution >= 0.6 is 11.8 Å². The standard InChI is InChI=1S/C14H23NOS/c1-2-13(11-15-6-1)12-3-7-16-14(10-12)4-8-17-9-5-14/h15H,1-11H2. The highest BCUT2D eigenvalue weighted by Gasteiger charge is 2.37. The fourth-order valence-corrected chi connectivity index (χ4v) is 4.58. The van der Waals surface area contributed by atoms with E-state index in [4.69, 9.17) is 4.74 Å². The van der Waals surface area contributed by atoms with E-state index in [1.165, 1.54) is 56.6 Å². The molecule has 2 nitrogen and oxygen atoms in total. The van der Waals surface area contributed by atoms with Crippen molar-refractivity contribution in [2.75, 3.05) is 31.2 Å². The Morgan fingerprint density at radius 2 is 2.00 bits per heavy atom. The normalized spacial score (nSPS) is 33.9. The molecule has 0 aromatic carbocycles. The molecule has 3 saturated heterocycles. The summed E-state index contributed by atoms with van der Waals surface area (Å²) in [6, 6.07) is 0. The summed E-state index contributed by atoms with van der Waals surface area (Å²) in [5, 5.41) is 3.52. The van der Waals surface area contributed by atoms with E-state index < -0.39 is 0 Å². The third-order valence-electron chi connectivity index (χ3n) is 4.42. The first-order chi connectivity index (χ1) is 8.38. The van der Waals surface area contributed by atoms with Gasteiger partial charge in [-0.2, -0.15) is 11.8 Å². The summed E-state index contributed by atoms with van der Waals surface area (Å²) in [5.41, 5.74) is 3.66. The SMILES string of the molecule is C1CNCC(=C2CCOC3(CCSCC3)C2)C1. The molecule has 3 aliphatic rings. The minimum Gasteiger partial charge on any atom is -0.374 e. The maximum atomic E-state index is 6.16. The molecule has 0 saturated carbocycles. The largest absolute Gasteiger partial charge is 0.374 e. The topological polar surface area (TPSA) is 21.3 Å². The Labute approximate surface area is 109 Å². The van der Waals surface area contributed by atoms with E-state index in [1.807, 2.05) is 0 Å². The van der Waals surface area contributed by atoms with Gasteiger partial charge in [-0.25, -0.2) is 0 Å². The molecule has 0 aliphatic carbocycles. The minimum absolute atomic E-state index is 0.225. The van der Waals surface area contributed by atoms with Gasteiger partial charge in [-0.05, 0) is 56.6 Å². The third-order valence-corrected chi connectivity index (χ3v) is 5.41. The summed E-state index contributed by atoms with van der Waals surface area (Å²) in [6.07, 6.45) is 7.59. The molecule has 0 bridgehead atoms. The number of piperidine rings is 1. The lowest BCUT2D eigenvalue weighted by Crippen LogP contribution is -2.41. The average Bonchev–Trinajstić information content (AvgIpc) is 2.41. The van der Waals surface area contributed by atoms with E-state index in [-0.39, 0.29) is 5.60 Å². The second-order valence-corrected chi connectivity index (χ2v) is 6.78. The Morgan fingerprint density at radius 3 is 2.76 bits per heavy atom. The molecular formula is C14H23NOS. The van der Waals surface area contributed by atoms with Crippen LogP contribution in [0.2, 0.25) is 0 Å². The van der Waals surface area contributed by atoms with Crippen molar-refractivity contribution in [2.45, 2.75) is 44.1 Å². The zero-order chi connectivity index (χ0) is 11.6. The molecule has 3 fully saturated rings. The molecule has 3 rings (SSSR count). The summed E-state index contributed by atoms with van der Waals surface area (Å²) in [4.78, 5) is 0. The molecule has 0 aromatic heterocycles. The smallest absolute Gasteiger partial charge is 0.0735 e. The summed E-state index contributed by atoms with van der Waals surface area (Å²) in [7, 11) is 0. The van der Waals surface area contributed by atoms with Crippen LogP contribution in [0.25, 0.3) is 0 Å². The van der Waals surface area contributed by atoms with E-state index in [0.29, 0.717) is 0 Å². The van der Waals surface area contributed by atoms with Crippen molar-refractivity contribution in [3.63, 3.8) is 0 Å². The van der Waals surface area contributed by atoms with Crippen LogP contribution in [0.4, 0.5) is 0 Å². The molecule has 1 spiro atoms. The number of hydrogen-bond donors (Lipinski definition) is 1. The summed E-state index contributed by atoms with van der Waals surface area (Å²) >= 11 is 2.09. The predicted molar refractivity (Wildman–Crippen MR) is 73.6 cm³/mol. The number of rotatable bonds is 0. The number of nitrogens with one attached hydrogen (secondary N) is 1. The third kappa shape index (κ3) is 2.72. The Hall–Kier alpha value is 0.01000. The lowest BCUT2D eigenvalue weighted by molar-refractivity contribution is -0.0669. The van der Waals surface area contributed by atoms with Gasteiger partial charge in [0.15, 0.2) is 0 Å². The molecule has 3 heteroatoms. The van der Waals surface area contributed by atoms with Gasteiger partial charge in [-0.3, -0.25) is 0 Å². The molecule has 3 aliphatic heterocycles. The summed E-state index contributed by atoms with van der Waals surface area (Å²) in [6.45, 7) is 3.30. The van der Waals surface area contributed by atoms with Gasteiger partial charge in [0.05, 0.1) is 12.2 Å². The Bertz CT molecular complexity index is 294. The molecule has 0 unspecified atom stereocenters. The first-order valence-electron chi connectivity index (χ1n) is 7.00. The fraction of sp³-hybridized carbons (Fsp3) is 0.857. The van der Waals surface area contributed by atoms with Gasteiger partial charge in [-0.15, -0.1) is 0 Å². The van der Waals surface area contributed by atoms with Crippen molar-refractivity contribution >= 4 is 11.8 Å². The highest BCUT2D eigenvalue weighted by atomic mass is 32.2. The van der Waals surface area contributed by atoms with Crippen molar-refractivity contribution in [3.05, 3.63) is 11.1 Å². The molecular weight excluding hydrogens is 230 g/mol. The maximum absolute atomic E-state index is 6.16. The van der Waals surface area contributed by atoms with Crippen LogP contribution in [-0.2, 0) is 4.74 Å². The van der Waals surface area contributed by atoms with Gasteiger partial charge in [0, 0.05) is 6.54 Å². The molecule has 0 amide bonds. The first-order valence-corrected chi connectivity index (χ1v) is 8.16. The molecule has 0 atom stereocenters. The first kappa shape index (κ1) is 12.1. The highest BCUT2D eigenvalue weighted by molar-refractivity contribution is 7.99. The van der Waals surface area contributed by atoms with Crippen molar-refractivity contribution in [2.24, 2.45) is 0 Å². The van der Waals surface area contributed by atoms with Crippen LogP contribution in [0.3, 0.4) is 0 Å². The van der Waals surface area contributed by atoms with E-state index in [2.05, 4.69) is 17.1 Å². The van der Waals surface area contributed by atoms with Crippen LogP contribution in [0.15, 0.2) is 11.1 Å². The molecule has 3 heterocycles. The van der Waals surface area contributed by atoms with Crippen molar-refractivity contribution in [1.29, 1.82) is 0 Å². The average molecular weight is 253 g/mol. The zero-order valence-electron chi connectivity index (χ0n) is 10.6. The van der Waals surface area contributed by atoms with E-state index >= 15 is 0 Å². The quantitative estimate of drug-likeness (QED) is 0.671. The van der Waals surface area contributed by atoms with Gasteiger partial charge < -0.3 is 10.1 Å². The number of thioether (sulfide) groups is 1. The molecule has 1 N–H and O–H groups in total. The molecule has 96 valence electrons. The van der Waals surface area contributed by atoms with E-state index in [9.17, 15) is 0 Å². The zero-order valence-corrected chi connectivity index (χ0v) is 11.4. The molecule has 0 aromatic rings. The minimum atomic E-state index is 0.225. The summed E-state index contributed by atoms with van der Waals surface area (Å²) in [5.74, 6) is 2.59. The van der Waals surface area contributed by atoms with Gasteiger partial charge in [0.25, 0.3) is 0 Å². The van der Waals surface area contributed by atoms with Crippen molar-refractivity contribution in [1.82, 2.24) is 5.32 Å². The van der Waals surface area contributed by atoms with Crippen LogP contribution < -0.4 is 5.32 Å². The van der Waals surface area contributed by atoms with Crippen LogP contribution in [0.1, 0.15) is 38.5 Å². The molecule has 17 heavy (non-hydrogen) atoms. The molecule has 0 radical (unpaired) electrons. The lowest BCUT2D eigenvalue weighted by Gasteiger charge is -2.42. The van der Waals surface area contributed by atoms with Crippen LogP contribution in [0, 0.1) is 0 Å². The highest BCUT2D eigenvalue weighted by Crippen LogP contribution is 2.40. The monoisotopic (exact) mass is 253 g/mol.